The third-order valence-electron chi connectivity index (χ3n) is 6.77. The fourth-order valence-corrected chi connectivity index (χ4v) is 6.61. The molecule has 5 rings (SSSR count). The maximum absolute atomic E-state index is 14.1. The molecule has 0 saturated carbocycles. The number of aliphatic hydroxyl groups is 1. The molecule has 0 spiro atoms. The summed E-state index contributed by atoms with van der Waals surface area (Å²) < 4.78 is 76.8. The predicted molar refractivity (Wildman–Crippen MR) is 169 cm³/mol. The number of carbonyl (C=O) groups excluding carboxylic acids is 2. The number of para-hydroxylation sites is 2. The zero-order chi connectivity index (χ0) is 33.5. The molecule has 3 N–H and O–H groups in total. The van der Waals surface area contributed by atoms with Crippen molar-refractivity contribution in [1.29, 1.82) is 0 Å². The molecule has 1 saturated heterocycles. The number of rotatable bonds is 7. The number of hydrogen-bond acceptors (Lipinski definition) is 7. The van der Waals surface area contributed by atoms with Gasteiger partial charge >= 0.3 is 0 Å². The van der Waals surface area contributed by atoms with Crippen LogP contribution in [0.25, 0.3) is 0 Å². The molecule has 0 aliphatic carbocycles. The Bertz CT molecular complexity index is 1920. The van der Waals surface area contributed by atoms with Gasteiger partial charge in [-0.2, -0.15) is 4.31 Å². The summed E-state index contributed by atoms with van der Waals surface area (Å²) in [7, 11) is -2.71. The zero-order valence-corrected chi connectivity index (χ0v) is 26.3. The molecule has 1 fully saturated rings. The van der Waals surface area contributed by atoms with Crippen LogP contribution in [0.2, 0.25) is 0 Å². The highest BCUT2D eigenvalue weighted by Crippen LogP contribution is 2.24. The van der Waals surface area contributed by atoms with E-state index >= 15 is 0 Å². The van der Waals surface area contributed by atoms with Crippen LogP contribution >= 0.6 is 10.7 Å². The first kappa shape index (κ1) is 34.7. The van der Waals surface area contributed by atoms with Crippen LogP contribution in [-0.4, -0.2) is 57.3 Å². The molecule has 4 aromatic carbocycles. The number of anilines is 2. The van der Waals surface area contributed by atoms with Gasteiger partial charge < -0.3 is 15.7 Å². The van der Waals surface area contributed by atoms with Crippen LogP contribution in [0.5, 0.6) is 0 Å². The molecule has 15 heteroatoms. The van der Waals surface area contributed by atoms with Crippen molar-refractivity contribution in [2.45, 2.75) is 28.7 Å². The van der Waals surface area contributed by atoms with E-state index in [1.165, 1.54) is 4.31 Å². The lowest BCUT2D eigenvalue weighted by Crippen LogP contribution is -2.40. The number of aliphatic hydroxyl groups excluding tert-OH is 1. The lowest BCUT2D eigenvalue weighted by Gasteiger charge is -2.28. The Morgan fingerprint density at radius 3 is 1.54 bits per heavy atom. The molecule has 1 aliphatic heterocycles. The number of hydrogen-bond donors (Lipinski definition) is 3. The van der Waals surface area contributed by atoms with Gasteiger partial charge in [0, 0.05) is 35.1 Å². The molecule has 46 heavy (non-hydrogen) atoms. The van der Waals surface area contributed by atoms with Crippen LogP contribution in [-0.2, 0) is 19.1 Å². The van der Waals surface area contributed by atoms with Crippen molar-refractivity contribution in [2.75, 3.05) is 23.7 Å². The van der Waals surface area contributed by atoms with Crippen molar-refractivity contribution < 1.29 is 40.3 Å². The summed E-state index contributed by atoms with van der Waals surface area (Å²) in [5.74, 6) is -3.11. The third kappa shape index (κ3) is 8.95. The molecular formula is C31H28ClF2N3O7S2. The monoisotopic (exact) mass is 691 g/mol. The van der Waals surface area contributed by atoms with Gasteiger partial charge in [-0.25, -0.2) is 25.6 Å². The zero-order valence-electron chi connectivity index (χ0n) is 23.9. The molecule has 10 nitrogen and oxygen atoms in total. The maximum atomic E-state index is 14.1. The van der Waals surface area contributed by atoms with Crippen LogP contribution in [0.4, 0.5) is 20.2 Å². The van der Waals surface area contributed by atoms with Crippen molar-refractivity contribution in [1.82, 2.24) is 4.31 Å². The molecule has 0 unspecified atom stereocenters. The maximum Gasteiger partial charge on any atom is 0.261 e. The number of benzene rings is 4. The molecule has 1 heterocycles. The first-order valence-electron chi connectivity index (χ1n) is 13.7. The summed E-state index contributed by atoms with van der Waals surface area (Å²) in [4.78, 5) is 23.8. The Hall–Kier alpha value is -4.21. The number of carbonyl (C=O) groups is 2. The molecule has 242 valence electrons. The van der Waals surface area contributed by atoms with Crippen LogP contribution in [0.3, 0.4) is 0 Å². The summed E-state index contributed by atoms with van der Waals surface area (Å²) in [5.41, 5.74) is 0.216. The van der Waals surface area contributed by atoms with Gasteiger partial charge in [0.1, 0.15) is 11.6 Å². The Balaban J connectivity index is 0.000000216. The average molecular weight is 692 g/mol. The fourth-order valence-electron chi connectivity index (χ4n) is 4.34. The Morgan fingerprint density at radius 1 is 0.696 bits per heavy atom. The van der Waals surface area contributed by atoms with Crippen molar-refractivity contribution in [3.8, 4) is 0 Å². The quantitative estimate of drug-likeness (QED) is 0.225. The minimum atomic E-state index is -4.02. The Labute approximate surface area is 269 Å². The van der Waals surface area contributed by atoms with Crippen LogP contribution < -0.4 is 10.6 Å². The second-order valence-electron chi connectivity index (χ2n) is 10.00. The molecule has 0 aromatic heterocycles. The van der Waals surface area contributed by atoms with Crippen LogP contribution in [0, 0.1) is 11.6 Å². The smallest absolute Gasteiger partial charge is 0.261 e. The molecule has 0 atom stereocenters. The van der Waals surface area contributed by atoms with Gasteiger partial charge in [0.05, 0.1) is 27.0 Å². The second-order valence-corrected chi connectivity index (χ2v) is 14.5. The minimum absolute atomic E-state index is 0.145. The van der Waals surface area contributed by atoms with E-state index in [0.29, 0.717) is 24.2 Å². The fraction of sp³-hybridized carbons (Fsp3) is 0.161. The van der Waals surface area contributed by atoms with Crippen molar-refractivity contribution in [2.24, 2.45) is 0 Å². The molecule has 1 aliphatic rings. The summed E-state index contributed by atoms with van der Waals surface area (Å²) >= 11 is 0. The molecule has 2 amide bonds. The van der Waals surface area contributed by atoms with Gasteiger partial charge in [0.15, 0.2) is 0 Å². The standard InChI is InChI=1S/C18H19FN2O4S.C13H9ClFNO3S/c19-17-7-6-15(26(24,25)21-10-8-14(22)9-11-21)12-16(17)18(23)20-13-4-2-1-3-5-13;14-20(18,19)10-6-7-12(15)11(8-10)13(17)16-9-4-2-1-3-5-9/h1-7,12,14,22H,8-11H2,(H,20,23);1-8H,(H,16,17). The van der Waals surface area contributed by atoms with Gasteiger partial charge in [-0.1, -0.05) is 36.4 Å². The Kier molecular flexibility index (Phi) is 11.2. The largest absolute Gasteiger partial charge is 0.393 e. The van der Waals surface area contributed by atoms with E-state index < -0.39 is 54.2 Å². The lowest BCUT2D eigenvalue weighted by atomic mass is 10.1. The predicted octanol–water partition coefficient (Wildman–Crippen LogP) is 5.23. The normalized spacial score (nSPS) is 14.1. The summed E-state index contributed by atoms with van der Waals surface area (Å²) in [5, 5.41) is 14.5. The number of sulfonamides is 1. The topological polar surface area (TPSA) is 150 Å². The molecule has 4 aromatic rings. The average Bonchev–Trinajstić information content (AvgIpc) is 3.02. The van der Waals surface area contributed by atoms with E-state index in [4.69, 9.17) is 10.7 Å². The number of piperidine rings is 1. The first-order chi connectivity index (χ1) is 21.8. The van der Waals surface area contributed by atoms with Gasteiger partial charge in [-0.3, -0.25) is 9.59 Å². The highest BCUT2D eigenvalue weighted by atomic mass is 35.7. The van der Waals surface area contributed by atoms with E-state index in [1.54, 1.807) is 60.7 Å². The van der Waals surface area contributed by atoms with Crippen molar-refractivity contribution in [3.63, 3.8) is 0 Å². The van der Waals surface area contributed by atoms with E-state index in [2.05, 4.69) is 10.6 Å². The molecule has 0 bridgehead atoms. The van der Waals surface area contributed by atoms with Gasteiger partial charge in [-0.15, -0.1) is 0 Å². The van der Waals surface area contributed by atoms with E-state index in [9.17, 15) is 40.3 Å². The van der Waals surface area contributed by atoms with Gasteiger partial charge in [-0.05, 0) is 73.5 Å². The number of halogens is 3. The minimum Gasteiger partial charge on any atom is -0.393 e. The van der Waals surface area contributed by atoms with E-state index in [0.717, 1.165) is 36.4 Å². The summed E-state index contributed by atoms with van der Waals surface area (Å²) in [6.07, 6.45) is 0.186. The number of nitrogens with one attached hydrogen (secondary N) is 2. The lowest BCUT2D eigenvalue weighted by molar-refractivity contribution is 0.101. The highest BCUT2D eigenvalue weighted by Gasteiger charge is 2.30. The van der Waals surface area contributed by atoms with Crippen molar-refractivity contribution in [3.05, 3.63) is 120 Å². The van der Waals surface area contributed by atoms with Crippen molar-refractivity contribution >= 4 is 52.9 Å². The number of nitrogens with zero attached hydrogens (tertiary/aromatic N) is 1. The van der Waals surface area contributed by atoms with Crippen LogP contribution in [0.15, 0.2) is 107 Å². The third-order valence-corrected chi connectivity index (χ3v) is 10.0. The SMILES string of the molecule is O=C(Nc1ccccc1)c1cc(S(=O)(=O)Cl)ccc1F.O=C(Nc1ccccc1)c1cc(S(=O)(=O)N2CCC(O)CC2)ccc1F. The Morgan fingerprint density at radius 2 is 1.11 bits per heavy atom. The summed E-state index contributed by atoms with van der Waals surface area (Å²) in [6.45, 7) is 0.374. The van der Waals surface area contributed by atoms with E-state index in [1.807, 2.05) is 0 Å². The number of amides is 2. The molecular weight excluding hydrogens is 664 g/mol. The molecule has 0 radical (unpaired) electrons. The highest BCUT2D eigenvalue weighted by molar-refractivity contribution is 8.13. The van der Waals surface area contributed by atoms with Crippen LogP contribution in [0.1, 0.15) is 33.6 Å². The summed E-state index contributed by atoms with van der Waals surface area (Å²) in [6, 6.07) is 22.9. The van der Waals surface area contributed by atoms with Gasteiger partial charge in [0.25, 0.3) is 20.9 Å². The van der Waals surface area contributed by atoms with E-state index in [-0.39, 0.29) is 28.4 Å². The first-order valence-corrected chi connectivity index (χ1v) is 17.5. The van der Waals surface area contributed by atoms with Gasteiger partial charge in [0.2, 0.25) is 10.0 Å². The second kappa shape index (κ2) is 14.9.